The Morgan fingerprint density at radius 2 is 1.73 bits per heavy atom. The number of anilines is 1. The number of hydrogen-bond donors (Lipinski definition) is 3. The van der Waals surface area contributed by atoms with Crippen molar-refractivity contribution in [2.75, 3.05) is 19.4 Å². The molecule has 3 N–H and O–H groups in total. The van der Waals surface area contributed by atoms with Crippen LogP contribution in [0.5, 0.6) is 0 Å². The molecule has 0 aliphatic carbocycles. The standard InChI is InChI=1S/C28H24F3N7O2/c1-37(2)16-19-6-3-4-9-22(19)17-10-12-20(13-11-17)32-26(39)23-15-24(28(29,30)31)36-38(23)21-8-5-7-18(14-21)25-33-27(40)35-34-25/h3-15H,16H2,1-2H3,(H,32,39)(H2,33,34,35,40). The number of nitrogens with zero attached hydrogens (tertiary/aromatic N) is 4. The van der Waals surface area contributed by atoms with Crippen LogP contribution in [-0.2, 0) is 12.7 Å². The van der Waals surface area contributed by atoms with E-state index in [1.54, 1.807) is 24.3 Å². The van der Waals surface area contributed by atoms with Crippen LogP contribution in [0.2, 0.25) is 0 Å². The molecule has 0 saturated heterocycles. The van der Waals surface area contributed by atoms with Crippen molar-refractivity contribution >= 4 is 11.6 Å². The highest BCUT2D eigenvalue weighted by molar-refractivity contribution is 6.03. The summed E-state index contributed by atoms with van der Waals surface area (Å²) in [5.41, 5.74) is 2.03. The Bertz CT molecular complexity index is 1720. The maximum atomic E-state index is 13.6. The summed E-state index contributed by atoms with van der Waals surface area (Å²) in [5, 5.41) is 12.4. The predicted molar refractivity (Wildman–Crippen MR) is 144 cm³/mol. The molecule has 2 aromatic heterocycles. The lowest BCUT2D eigenvalue weighted by molar-refractivity contribution is -0.141. The molecule has 0 atom stereocenters. The fourth-order valence-electron chi connectivity index (χ4n) is 4.28. The molecule has 12 heteroatoms. The Kier molecular flexibility index (Phi) is 7.09. The summed E-state index contributed by atoms with van der Waals surface area (Å²) >= 11 is 0. The first-order valence-corrected chi connectivity index (χ1v) is 12.2. The normalized spacial score (nSPS) is 11.7. The largest absolute Gasteiger partial charge is 0.435 e. The van der Waals surface area contributed by atoms with E-state index in [1.165, 1.54) is 12.1 Å². The smallest absolute Gasteiger partial charge is 0.321 e. The van der Waals surface area contributed by atoms with Gasteiger partial charge in [-0.2, -0.15) is 23.4 Å². The molecule has 204 valence electrons. The zero-order valence-corrected chi connectivity index (χ0v) is 21.5. The van der Waals surface area contributed by atoms with Crippen LogP contribution in [0.4, 0.5) is 18.9 Å². The van der Waals surface area contributed by atoms with Gasteiger partial charge in [0.15, 0.2) is 11.5 Å². The SMILES string of the molecule is CN(C)Cc1ccccc1-c1ccc(NC(=O)c2cc(C(F)(F)F)nn2-c2cccc(-c3n[nH]c(=O)[nH]3)c2)cc1. The lowest BCUT2D eigenvalue weighted by atomic mass is 9.99. The van der Waals surface area contributed by atoms with Gasteiger partial charge in [-0.25, -0.2) is 14.6 Å². The Morgan fingerprint density at radius 3 is 2.40 bits per heavy atom. The summed E-state index contributed by atoms with van der Waals surface area (Å²) in [6, 6.07) is 21.9. The zero-order valence-electron chi connectivity index (χ0n) is 21.5. The van der Waals surface area contributed by atoms with Crippen LogP contribution >= 0.6 is 0 Å². The van der Waals surface area contributed by atoms with E-state index in [9.17, 15) is 22.8 Å². The molecule has 0 saturated carbocycles. The molecule has 0 radical (unpaired) electrons. The number of carbonyl (C=O) groups excluding carboxylic acids is 1. The highest BCUT2D eigenvalue weighted by atomic mass is 19.4. The summed E-state index contributed by atoms with van der Waals surface area (Å²) in [5.74, 6) is -0.587. The number of amides is 1. The van der Waals surface area contributed by atoms with Gasteiger partial charge in [-0.1, -0.05) is 48.5 Å². The zero-order chi connectivity index (χ0) is 28.4. The topological polar surface area (TPSA) is 112 Å². The van der Waals surface area contributed by atoms with Crippen LogP contribution in [0.1, 0.15) is 21.7 Å². The van der Waals surface area contributed by atoms with Crippen molar-refractivity contribution in [2.24, 2.45) is 0 Å². The second kappa shape index (κ2) is 10.7. The lowest BCUT2D eigenvalue weighted by Crippen LogP contribution is -2.17. The predicted octanol–water partition coefficient (Wildman–Crippen LogP) is 4.95. The Morgan fingerprint density at radius 1 is 0.975 bits per heavy atom. The van der Waals surface area contributed by atoms with Crippen molar-refractivity contribution in [1.82, 2.24) is 29.9 Å². The minimum Gasteiger partial charge on any atom is -0.321 e. The number of benzene rings is 3. The maximum absolute atomic E-state index is 13.6. The number of hydrogen-bond acceptors (Lipinski definition) is 5. The maximum Gasteiger partial charge on any atom is 0.435 e. The fourth-order valence-corrected chi connectivity index (χ4v) is 4.28. The molecule has 0 unspecified atom stereocenters. The van der Waals surface area contributed by atoms with Crippen molar-refractivity contribution in [2.45, 2.75) is 12.7 Å². The van der Waals surface area contributed by atoms with Crippen LogP contribution in [-0.4, -0.2) is 49.9 Å². The summed E-state index contributed by atoms with van der Waals surface area (Å²) in [7, 11) is 3.97. The summed E-state index contributed by atoms with van der Waals surface area (Å²) in [4.78, 5) is 29.2. The van der Waals surface area contributed by atoms with Crippen LogP contribution in [0.25, 0.3) is 28.2 Å². The van der Waals surface area contributed by atoms with Gasteiger partial charge < -0.3 is 10.2 Å². The molecule has 2 heterocycles. The lowest BCUT2D eigenvalue weighted by Gasteiger charge is -2.15. The number of alkyl halides is 3. The average molecular weight is 548 g/mol. The van der Waals surface area contributed by atoms with E-state index >= 15 is 0 Å². The van der Waals surface area contributed by atoms with Crippen molar-refractivity contribution in [3.63, 3.8) is 0 Å². The second-order valence-corrected chi connectivity index (χ2v) is 9.33. The minimum absolute atomic E-state index is 0.176. The first kappa shape index (κ1) is 26.6. The molecule has 1 amide bonds. The number of aromatic nitrogens is 5. The first-order valence-electron chi connectivity index (χ1n) is 12.2. The highest BCUT2D eigenvalue weighted by Crippen LogP contribution is 2.31. The molecule has 0 aliphatic heterocycles. The average Bonchev–Trinajstić information content (AvgIpc) is 3.57. The van der Waals surface area contributed by atoms with E-state index in [1.807, 2.05) is 50.5 Å². The van der Waals surface area contributed by atoms with Crippen LogP contribution in [0, 0.1) is 0 Å². The van der Waals surface area contributed by atoms with Crippen LogP contribution in [0.15, 0.2) is 83.7 Å². The van der Waals surface area contributed by atoms with Gasteiger partial charge in [0.2, 0.25) is 0 Å². The molecule has 0 aliphatic rings. The molecule has 0 bridgehead atoms. The third-order valence-electron chi connectivity index (χ3n) is 6.06. The Balaban J connectivity index is 1.45. The van der Waals surface area contributed by atoms with Gasteiger partial charge in [0, 0.05) is 23.9 Å². The van der Waals surface area contributed by atoms with Crippen LogP contribution < -0.4 is 11.0 Å². The number of H-pyrrole nitrogens is 2. The number of aromatic amines is 2. The summed E-state index contributed by atoms with van der Waals surface area (Å²) < 4.78 is 41.7. The Hall–Kier alpha value is -4.97. The van der Waals surface area contributed by atoms with Gasteiger partial charge in [-0.15, -0.1) is 0 Å². The fraction of sp³-hybridized carbons (Fsp3) is 0.143. The first-order chi connectivity index (χ1) is 19.1. The Labute approximate surface area is 226 Å². The molecule has 5 aromatic rings. The van der Waals surface area contributed by atoms with E-state index in [4.69, 9.17) is 0 Å². The molecule has 3 aromatic carbocycles. The van der Waals surface area contributed by atoms with E-state index in [-0.39, 0.29) is 17.2 Å². The van der Waals surface area contributed by atoms with Gasteiger partial charge in [0.05, 0.1) is 5.69 Å². The van der Waals surface area contributed by atoms with E-state index in [2.05, 4.69) is 30.5 Å². The quantitative estimate of drug-likeness (QED) is 0.267. The second-order valence-electron chi connectivity index (χ2n) is 9.33. The molecular formula is C28H24F3N7O2. The third-order valence-corrected chi connectivity index (χ3v) is 6.06. The van der Waals surface area contributed by atoms with E-state index < -0.39 is 23.5 Å². The van der Waals surface area contributed by atoms with Gasteiger partial charge in [0.1, 0.15) is 5.69 Å². The van der Waals surface area contributed by atoms with Crippen molar-refractivity contribution in [1.29, 1.82) is 0 Å². The van der Waals surface area contributed by atoms with Gasteiger partial charge >= 0.3 is 11.9 Å². The highest BCUT2D eigenvalue weighted by Gasteiger charge is 2.36. The van der Waals surface area contributed by atoms with Crippen molar-refractivity contribution in [3.05, 3.63) is 106 Å². The van der Waals surface area contributed by atoms with Crippen molar-refractivity contribution in [3.8, 4) is 28.2 Å². The third kappa shape index (κ3) is 5.71. The van der Waals surface area contributed by atoms with Gasteiger partial charge in [0.25, 0.3) is 5.91 Å². The number of carbonyl (C=O) groups is 1. The summed E-state index contributed by atoms with van der Waals surface area (Å²) in [6.45, 7) is 0.748. The van der Waals surface area contributed by atoms with Crippen LogP contribution in [0.3, 0.4) is 0 Å². The minimum atomic E-state index is -4.77. The van der Waals surface area contributed by atoms with E-state index in [0.29, 0.717) is 17.3 Å². The molecule has 9 nitrogen and oxygen atoms in total. The molecule has 40 heavy (non-hydrogen) atoms. The van der Waals surface area contributed by atoms with E-state index in [0.717, 1.165) is 27.9 Å². The monoisotopic (exact) mass is 547 g/mol. The molecule has 0 fully saturated rings. The van der Waals surface area contributed by atoms with Gasteiger partial charge in [-0.05, 0) is 55.1 Å². The van der Waals surface area contributed by atoms with Gasteiger partial charge in [-0.3, -0.25) is 9.78 Å². The number of nitrogens with one attached hydrogen (secondary N) is 3. The number of halogens is 3. The van der Waals surface area contributed by atoms with Crippen molar-refractivity contribution < 1.29 is 18.0 Å². The molecular weight excluding hydrogens is 523 g/mol. The molecule has 0 spiro atoms. The number of rotatable bonds is 7. The molecule has 5 rings (SSSR count). The summed E-state index contributed by atoms with van der Waals surface area (Å²) in [6.07, 6.45) is -4.77.